The molecule has 2 N–H and O–H groups in total. The Morgan fingerprint density at radius 2 is 1.79 bits per heavy atom. The van der Waals surface area contributed by atoms with Crippen molar-refractivity contribution in [2.75, 3.05) is 7.11 Å². The molecule has 0 saturated carbocycles. The predicted octanol–water partition coefficient (Wildman–Crippen LogP) is 5.60. The normalized spacial score (nSPS) is 17.6. The standard InChI is InChI=1S/C21H18ClFN2O.2ClH/c1-12(24)16-9-8-14(11-25-16)21(22)19-15(23)10-17(26-2)18(20(19)21)13-6-4-3-5-7-13;;/h3-12H,24H2,1-2H3;2*1H. The Hall–Kier alpha value is -1.85. The van der Waals surface area contributed by atoms with Gasteiger partial charge in [-0.3, -0.25) is 4.98 Å². The SMILES string of the molecule is COc1cc(F)c2c(c1-c1ccccc1)C2(Cl)c1ccc(C(C)N)nc1.Cl.Cl. The molecule has 3 aromatic rings. The number of benzene rings is 2. The van der Waals surface area contributed by atoms with Crippen LogP contribution in [-0.2, 0) is 4.87 Å². The summed E-state index contributed by atoms with van der Waals surface area (Å²) in [6.07, 6.45) is 1.67. The Kier molecular flexibility index (Phi) is 6.62. The molecule has 4 rings (SSSR count). The maximum Gasteiger partial charge on any atom is 0.132 e. The number of hydrogen-bond acceptors (Lipinski definition) is 3. The molecule has 1 aliphatic rings. The Morgan fingerprint density at radius 1 is 1.11 bits per heavy atom. The quantitative estimate of drug-likeness (QED) is 0.536. The first-order valence-electron chi connectivity index (χ1n) is 8.36. The summed E-state index contributed by atoms with van der Waals surface area (Å²) >= 11 is 6.92. The Morgan fingerprint density at radius 3 is 2.32 bits per heavy atom. The molecule has 148 valence electrons. The van der Waals surface area contributed by atoms with Gasteiger partial charge in [0.1, 0.15) is 16.4 Å². The third-order valence-electron chi connectivity index (χ3n) is 4.80. The van der Waals surface area contributed by atoms with Crippen molar-refractivity contribution < 1.29 is 9.13 Å². The smallest absolute Gasteiger partial charge is 0.132 e. The molecule has 0 amide bonds. The molecule has 0 fully saturated rings. The number of methoxy groups -OCH3 is 1. The van der Waals surface area contributed by atoms with Gasteiger partial charge in [-0.15, -0.1) is 36.4 Å². The van der Waals surface area contributed by atoms with Crippen LogP contribution in [0.3, 0.4) is 0 Å². The van der Waals surface area contributed by atoms with Gasteiger partial charge < -0.3 is 10.5 Å². The second kappa shape index (κ2) is 8.26. The lowest BCUT2D eigenvalue weighted by Crippen LogP contribution is -2.09. The number of fused-ring (bicyclic) bond motifs is 1. The summed E-state index contributed by atoms with van der Waals surface area (Å²) < 4.78 is 20.1. The minimum absolute atomic E-state index is 0. The van der Waals surface area contributed by atoms with Gasteiger partial charge in [-0.25, -0.2) is 4.39 Å². The van der Waals surface area contributed by atoms with Gasteiger partial charge in [-0.1, -0.05) is 36.4 Å². The van der Waals surface area contributed by atoms with Gasteiger partial charge in [-0.2, -0.15) is 0 Å². The Balaban J connectivity index is 0.00000140. The highest BCUT2D eigenvalue weighted by Crippen LogP contribution is 2.64. The van der Waals surface area contributed by atoms with Gasteiger partial charge in [0.05, 0.1) is 12.8 Å². The lowest BCUT2D eigenvalue weighted by Gasteiger charge is -2.12. The van der Waals surface area contributed by atoms with Crippen LogP contribution in [-0.4, -0.2) is 12.1 Å². The summed E-state index contributed by atoms with van der Waals surface area (Å²) in [6, 6.07) is 14.6. The van der Waals surface area contributed by atoms with Crippen molar-refractivity contribution in [1.82, 2.24) is 4.98 Å². The molecule has 28 heavy (non-hydrogen) atoms. The van der Waals surface area contributed by atoms with E-state index in [9.17, 15) is 4.39 Å². The molecule has 2 atom stereocenters. The van der Waals surface area contributed by atoms with Crippen molar-refractivity contribution in [2.24, 2.45) is 5.73 Å². The number of rotatable bonds is 4. The molecule has 1 heterocycles. The Labute approximate surface area is 180 Å². The Bertz CT molecular complexity index is 981. The number of alkyl halides is 1. The van der Waals surface area contributed by atoms with Crippen LogP contribution < -0.4 is 10.5 Å². The van der Waals surface area contributed by atoms with E-state index in [4.69, 9.17) is 22.1 Å². The molecule has 0 saturated heterocycles. The van der Waals surface area contributed by atoms with E-state index < -0.39 is 4.87 Å². The van der Waals surface area contributed by atoms with Gasteiger partial charge in [0, 0.05) is 40.6 Å². The van der Waals surface area contributed by atoms with E-state index in [1.54, 1.807) is 6.20 Å². The number of ether oxygens (including phenoxy) is 1. The third-order valence-corrected chi connectivity index (χ3v) is 5.40. The summed E-state index contributed by atoms with van der Waals surface area (Å²) in [4.78, 5) is 3.35. The molecule has 0 bridgehead atoms. The van der Waals surface area contributed by atoms with Gasteiger partial charge in [-0.05, 0) is 18.6 Å². The minimum Gasteiger partial charge on any atom is -0.496 e. The lowest BCUT2D eigenvalue weighted by atomic mass is 10.0. The number of aromatic nitrogens is 1. The average molecular weight is 442 g/mol. The van der Waals surface area contributed by atoms with E-state index in [0.717, 1.165) is 27.9 Å². The van der Waals surface area contributed by atoms with Crippen LogP contribution in [0.15, 0.2) is 54.7 Å². The topological polar surface area (TPSA) is 48.1 Å². The maximum atomic E-state index is 14.7. The first-order valence-corrected chi connectivity index (χ1v) is 8.74. The van der Waals surface area contributed by atoms with E-state index in [1.165, 1.54) is 13.2 Å². The van der Waals surface area contributed by atoms with Crippen LogP contribution in [0.2, 0.25) is 0 Å². The first-order chi connectivity index (χ1) is 12.5. The van der Waals surface area contributed by atoms with E-state index in [1.807, 2.05) is 49.4 Å². The van der Waals surface area contributed by atoms with Crippen molar-refractivity contribution in [3.05, 3.63) is 82.9 Å². The predicted molar refractivity (Wildman–Crippen MR) is 115 cm³/mol. The fraction of sp³-hybridized carbons (Fsp3) is 0.190. The van der Waals surface area contributed by atoms with Crippen molar-refractivity contribution in [3.8, 4) is 16.9 Å². The number of nitrogens with two attached hydrogens (primary N) is 1. The van der Waals surface area contributed by atoms with E-state index in [0.29, 0.717) is 11.3 Å². The number of nitrogens with zero attached hydrogens (tertiary/aromatic N) is 1. The van der Waals surface area contributed by atoms with Gasteiger partial charge in [0.25, 0.3) is 0 Å². The fourth-order valence-corrected chi connectivity index (χ4v) is 3.88. The average Bonchev–Trinajstić information content (AvgIpc) is 3.30. The van der Waals surface area contributed by atoms with Gasteiger partial charge in [0.2, 0.25) is 0 Å². The summed E-state index contributed by atoms with van der Waals surface area (Å²) in [5, 5.41) is 0. The largest absolute Gasteiger partial charge is 0.496 e. The van der Waals surface area contributed by atoms with E-state index in [-0.39, 0.29) is 36.7 Å². The van der Waals surface area contributed by atoms with Crippen molar-refractivity contribution in [2.45, 2.75) is 17.8 Å². The number of hydrogen-bond donors (Lipinski definition) is 1. The minimum atomic E-state index is -1.03. The fourth-order valence-electron chi connectivity index (χ4n) is 3.44. The molecule has 0 radical (unpaired) electrons. The molecule has 1 aromatic heterocycles. The second-order valence-electron chi connectivity index (χ2n) is 6.47. The van der Waals surface area contributed by atoms with Crippen molar-refractivity contribution >= 4 is 36.4 Å². The molecular weight excluding hydrogens is 422 g/mol. The molecule has 2 unspecified atom stereocenters. The van der Waals surface area contributed by atoms with Gasteiger partial charge in [0.15, 0.2) is 0 Å². The van der Waals surface area contributed by atoms with Crippen LogP contribution >= 0.6 is 36.4 Å². The highest BCUT2D eigenvalue weighted by molar-refractivity contribution is 6.33. The number of pyridine rings is 1. The summed E-state index contributed by atoms with van der Waals surface area (Å²) in [5.41, 5.74) is 10.3. The van der Waals surface area contributed by atoms with E-state index >= 15 is 0 Å². The summed E-state index contributed by atoms with van der Waals surface area (Å²) in [7, 11) is 1.53. The van der Waals surface area contributed by atoms with Crippen LogP contribution in [0, 0.1) is 5.82 Å². The van der Waals surface area contributed by atoms with Crippen LogP contribution in [0.1, 0.15) is 35.3 Å². The van der Waals surface area contributed by atoms with Gasteiger partial charge >= 0.3 is 0 Å². The molecule has 1 aliphatic carbocycles. The van der Waals surface area contributed by atoms with Crippen molar-refractivity contribution in [1.29, 1.82) is 0 Å². The second-order valence-corrected chi connectivity index (χ2v) is 7.04. The van der Waals surface area contributed by atoms with E-state index in [2.05, 4.69) is 4.98 Å². The zero-order valence-corrected chi connectivity index (χ0v) is 17.7. The molecular formula is C21H20Cl3FN2O. The highest BCUT2D eigenvalue weighted by Gasteiger charge is 2.56. The van der Waals surface area contributed by atoms with Crippen LogP contribution in [0.25, 0.3) is 11.1 Å². The molecule has 2 aromatic carbocycles. The highest BCUT2D eigenvalue weighted by atomic mass is 35.5. The van der Waals surface area contributed by atoms with Crippen LogP contribution in [0.4, 0.5) is 4.39 Å². The molecule has 3 nitrogen and oxygen atoms in total. The number of halogens is 4. The third kappa shape index (κ3) is 3.35. The zero-order chi connectivity index (χ0) is 18.5. The maximum absolute atomic E-state index is 14.7. The molecule has 7 heteroatoms. The molecule has 0 spiro atoms. The molecule has 0 aliphatic heterocycles. The van der Waals surface area contributed by atoms with Crippen molar-refractivity contribution in [3.63, 3.8) is 0 Å². The monoisotopic (exact) mass is 440 g/mol. The summed E-state index contributed by atoms with van der Waals surface area (Å²) in [6.45, 7) is 1.86. The van der Waals surface area contributed by atoms with Crippen LogP contribution in [0.5, 0.6) is 5.75 Å². The summed E-state index contributed by atoms with van der Waals surface area (Å²) in [5.74, 6) is 0.0953. The lowest BCUT2D eigenvalue weighted by molar-refractivity contribution is 0.413. The zero-order valence-electron chi connectivity index (χ0n) is 15.3. The first kappa shape index (κ1) is 22.4.